The van der Waals surface area contributed by atoms with E-state index in [-0.39, 0.29) is 17.5 Å². The van der Waals surface area contributed by atoms with Crippen molar-refractivity contribution in [2.24, 2.45) is 0 Å². The number of ether oxygens (including phenoxy) is 1. The first-order chi connectivity index (χ1) is 8.63. The molecule has 18 heavy (non-hydrogen) atoms. The maximum absolute atomic E-state index is 11.5. The number of carbonyl (C=O) groups excluding carboxylic acids is 2. The monoisotopic (exact) mass is 271 g/mol. The zero-order valence-corrected chi connectivity index (χ0v) is 10.5. The molecule has 0 bridgehead atoms. The molecular formula is C10H13N3O4S. The van der Waals surface area contributed by atoms with E-state index in [9.17, 15) is 9.59 Å². The van der Waals surface area contributed by atoms with Gasteiger partial charge in [-0.1, -0.05) is 0 Å². The second kappa shape index (κ2) is 7.41. The number of thiocarbonyl (C=S) groups is 1. The summed E-state index contributed by atoms with van der Waals surface area (Å²) in [6.07, 6.45) is 1.37. The van der Waals surface area contributed by atoms with Crippen LogP contribution in [0.25, 0.3) is 0 Å². The zero-order chi connectivity index (χ0) is 13.4. The molecule has 2 amide bonds. The number of nitrogens with one attached hydrogen (secondary N) is 3. The Morgan fingerprint density at radius 3 is 2.83 bits per heavy atom. The summed E-state index contributed by atoms with van der Waals surface area (Å²) in [5.74, 6) is -0.775. The fourth-order valence-corrected chi connectivity index (χ4v) is 1.10. The largest absolute Gasteiger partial charge is 0.459 e. The topological polar surface area (TPSA) is 92.6 Å². The van der Waals surface area contributed by atoms with E-state index in [2.05, 4.69) is 16.2 Å². The molecule has 0 spiro atoms. The van der Waals surface area contributed by atoms with E-state index in [1.54, 1.807) is 13.0 Å². The molecule has 1 heterocycles. The number of amides is 2. The van der Waals surface area contributed by atoms with Gasteiger partial charge in [0.2, 0.25) is 0 Å². The molecule has 0 saturated heterocycles. The second-order valence-corrected chi connectivity index (χ2v) is 3.48. The Hall–Kier alpha value is -1.93. The van der Waals surface area contributed by atoms with Crippen LogP contribution in [0.15, 0.2) is 22.8 Å². The van der Waals surface area contributed by atoms with Crippen molar-refractivity contribution >= 4 is 29.1 Å². The molecule has 8 heteroatoms. The highest BCUT2D eigenvalue weighted by atomic mass is 32.1. The van der Waals surface area contributed by atoms with Crippen LogP contribution in [0.5, 0.6) is 0 Å². The van der Waals surface area contributed by atoms with E-state index >= 15 is 0 Å². The maximum Gasteiger partial charge on any atom is 0.293 e. The normalized spacial score (nSPS) is 9.61. The fourth-order valence-electron chi connectivity index (χ4n) is 0.961. The van der Waals surface area contributed by atoms with Gasteiger partial charge in [0.15, 0.2) is 10.9 Å². The van der Waals surface area contributed by atoms with E-state index in [4.69, 9.17) is 21.4 Å². The summed E-state index contributed by atoms with van der Waals surface area (Å²) in [6.45, 7) is 2.13. The first-order valence-electron chi connectivity index (χ1n) is 5.15. The third-order valence-corrected chi connectivity index (χ3v) is 1.93. The van der Waals surface area contributed by atoms with Gasteiger partial charge in [0, 0.05) is 6.61 Å². The van der Waals surface area contributed by atoms with E-state index in [0.29, 0.717) is 6.61 Å². The van der Waals surface area contributed by atoms with Gasteiger partial charge in [-0.3, -0.25) is 25.8 Å². The lowest BCUT2D eigenvalue weighted by Gasteiger charge is -2.09. The van der Waals surface area contributed by atoms with Gasteiger partial charge in [0.25, 0.3) is 11.8 Å². The zero-order valence-electron chi connectivity index (χ0n) is 9.69. The molecule has 0 saturated carbocycles. The van der Waals surface area contributed by atoms with Crippen LogP contribution in [0.1, 0.15) is 17.5 Å². The molecular weight excluding hydrogens is 258 g/mol. The van der Waals surface area contributed by atoms with Crippen molar-refractivity contribution in [2.45, 2.75) is 6.92 Å². The molecule has 0 aliphatic heterocycles. The van der Waals surface area contributed by atoms with Crippen molar-refractivity contribution in [1.29, 1.82) is 0 Å². The Kier molecular flexibility index (Phi) is 5.81. The molecule has 1 rings (SSSR count). The van der Waals surface area contributed by atoms with Crippen LogP contribution in [-0.2, 0) is 9.53 Å². The number of furan rings is 1. The molecule has 0 radical (unpaired) electrons. The first-order valence-corrected chi connectivity index (χ1v) is 5.55. The van der Waals surface area contributed by atoms with Crippen molar-refractivity contribution in [3.05, 3.63) is 24.2 Å². The van der Waals surface area contributed by atoms with Gasteiger partial charge in [-0.05, 0) is 31.3 Å². The van der Waals surface area contributed by atoms with Crippen LogP contribution in [0, 0.1) is 0 Å². The van der Waals surface area contributed by atoms with Crippen molar-refractivity contribution in [3.8, 4) is 0 Å². The van der Waals surface area contributed by atoms with Crippen LogP contribution in [0.4, 0.5) is 0 Å². The summed E-state index contributed by atoms with van der Waals surface area (Å²) in [7, 11) is 0. The first kappa shape index (κ1) is 14.1. The van der Waals surface area contributed by atoms with Crippen LogP contribution in [0.2, 0.25) is 0 Å². The van der Waals surface area contributed by atoms with Crippen LogP contribution in [-0.4, -0.2) is 30.1 Å². The molecule has 3 N–H and O–H groups in total. The Balaban J connectivity index is 2.25. The minimum absolute atomic E-state index is 0.0405. The van der Waals surface area contributed by atoms with Crippen LogP contribution in [0.3, 0.4) is 0 Å². The summed E-state index contributed by atoms with van der Waals surface area (Å²) in [5, 5.41) is 2.29. The summed E-state index contributed by atoms with van der Waals surface area (Å²) < 4.78 is 9.74. The standard InChI is InChI=1S/C10H13N3O4S/c1-2-16-6-8(14)12-13-10(18)11-9(15)7-4-3-5-17-7/h3-5H,2,6H2,1H3,(H,12,14)(H2,11,13,15,18). The van der Waals surface area contributed by atoms with Crippen molar-refractivity contribution in [1.82, 2.24) is 16.2 Å². The number of rotatable bonds is 4. The van der Waals surface area contributed by atoms with Gasteiger partial charge >= 0.3 is 0 Å². The highest BCUT2D eigenvalue weighted by molar-refractivity contribution is 7.80. The lowest BCUT2D eigenvalue weighted by molar-refractivity contribution is -0.126. The number of carbonyl (C=O) groups is 2. The van der Waals surface area contributed by atoms with Gasteiger partial charge < -0.3 is 9.15 Å². The smallest absolute Gasteiger partial charge is 0.293 e. The average molecular weight is 271 g/mol. The van der Waals surface area contributed by atoms with Gasteiger partial charge in [-0.25, -0.2) is 0 Å². The number of hydrogen-bond acceptors (Lipinski definition) is 5. The third-order valence-electron chi connectivity index (χ3n) is 1.72. The van der Waals surface area contributed by atoms with Crippen molar-refractivity contribution in [3.63, 3.8) is 0 Å². The lowest BCUT2D eigenvalue weighted by Crippen LogP contribution is -2.49. The van der Waals surface area contributed by atoms with E-state index in [0.717, 1.165) is 0 Å². The highest BCUT2D eigenvalue weighted by Gasteiger charge is 2.10. The Bertz CT molecular complexity index is 419. The van der Waals surface area contributed by atoms with Gasteiger partial charge in [-0.15, -0.1) is 0 Å². The molecule has 7 nitrogen and oxygen atoms in total. The van der Waals surface area contributed by atoms with Crippen molar-refractivity contribution in [2.75, 3.05) is 13.2 Å². The van der Waals surface area contributed by atoms with E-state index in [1.807, 2.05) is 0 Å². The molecule has 1 aromatic heterocycles. The summed E-state index contributed by atoms with van der Waals surface area (Å²) in [4.78, 5) is 22.6. The van der Waals surface area contributed by atoms with Gasteiger partial charge in [-0.2, -0.15) is 0 Å². The maximum atomic E-state index is 11.5. The van der Waals surface area contributed by atoms with Crippen LogP contribution >= 0.6 is 12.2 Å². The van der Waals surface area contributed by atoms with E-state index in [1.165, 1.54) is 12.3 Å². The van der Waals surface area contributed by atoms with E-state index < -0.39 is 11.8 Å². The highest BCUT2D eigenvalue weighted by Crippen LogP contribution is 1.98. The minimum Gasteiger partial charge on any atom is -0.459 e. The SMILES string of the molecule is CCOCC(=O)NNC(=S)NC(=O)c1ccco1. The predicted molar refractivity (Wildman–Crippen MR) is 66.5 cm³/mol. The Labute approximate surface area is 109 Å². The molecule has 0 aliphatic carbocycles. The third kappa shape index (κ3) is 4.93. The molecule has 98 valence electrons. The molecule has 0 fully saturated rings. The molecule has 0 unspecified atom stereocenters. The molecule has 0 aliphatic rings. The average Bonchev–Trinajstić information content (AvgIpc) is 2.87. The fraction of sp³-hybridized carbons (Fsp3) is 0.300. The Morgan fingerprint density at radius 2 is 2.22 bits per heavy atom. The quantitative estimate of drug-likeness (QED) is 0.525. The predicted octanol–water partition coefficient (Wildman–Crippen LogP) is -0.0484. The minimum atomic E-state index is -0.503. The van der Waals surface area contributed by atoms with Gasteiger partial charge in [0.05, 0.1) is 6.26 Å². The molecule has 1 aromatic rings. The molecule has 0 aromatic carbocycles. The van der Waals surface area contributed by atoms with Gasteiger partial charge in [0.1, 0.15) is 6.61 Å². The Morgan fingerprint density at radius 1 is 1.44 bits per heavy atom. The number of hydrogen-bond donors (Lipinski definition) is 3. The lowest BCUT2D eigenvalue weighted by atomic mass is 10.4. The van der Waals surface area contributed by atoms with Crippen molar-refractivity contribution < 1.29 is 18.7 Å². The summed E-state index contributed by atoms with van der Waals surface area (Å²) >= 11 is 4.79. The summed E-state index contributed by atoms with van der Waals surface area (Å²) in [5.41, 5.74) is 4.63. The second-order valence-electron chi connectivity index (χ2n) is 3.07. The van der Waals surface area contributed by atoms with Crippen LogP contribution < -0.4 is 16.2 Å². The summed E-state index contributed by atoms with van der Waals surface area (Å²) in [6, 6.07) is 3.07. The number of hydrazine groups is 1. The molecule has 0 atom stereocenters.